The summed E-state index contributed by atoms with van der Waals surface area (Å²) >= 11 is 0. The summed E-state index contributed by atoms with van der Waals surface area (Å²) < 4.78 is 10.8. The summed E-state index contributed by atoms with van der Waals surface area (Å²) in [6.07, 6.45) is 3.24. The lowest BCUT2D eigenvalue weighted by Crippen LogP contribution is -2.19. The molecule has 90 valence electrons. The number of nitrogens with zero attached hydrogens (tertiary/aromatic N) is 2. The summed E-state index contributed by atoms with van der Waals surface area (Å²) in [4.78, 5) is 8.43. The molecule has 0 amide bonds. The molecule has 2 aromatic heterocycles. The van der Waals surface area contributed by atoms with Crippen LogP contribution in [0.1, 0.15) is 23.3 Å². The van der Waals surface area contributed by atoms with Crippen molar-refractivity contribution in [1.29, 1.82) is 0 Å². The van der Waals surface area contributed by atoms with E-state index in [1.54, 1.807) is 19.5 Å². The number of furan rings is 1. The van der Waals surface area contributed by atoms with E-state index in [9.17, 15) is 0 Å². The third kappa shape index (κ3) is 2.29. The Kier molecular flexibility index (Phi) is 3.39. The topological polar surface area (TPSA) is 60.2 Å². The zero-order chi connectivity index (χ0) is 12.3. The second kappa shape index (κ2) is 4.97. The van der Waals surface area contributed by atoms with E-state index < -0.39 is 0 Å². The zero-order valence-electron chi connectivity index (χ0n) is 10.1. The van der Waals surface area contributed by atoms with Gasteiger partial charge in [-0.25, -0.2) is 4.98 Å². The second-order valence-corrected chi connectivity index (χ2v) is 3.62. The summed E-state index contributed by atoms with van der Waals surface area (Å²) in [5.74, 6) is 2.16. The Morgan fingerprint density at radius 1 is 1.29 bits per heavy atom. The molecule has 0 aliphatic rings. The lowest BCUT2D eigenvalue weighted by molar-refractivity contribution is 0.374. The number of methoxy groups -OCH3 is 1. The minimum absolute atomic E-state index is 0.160. The molecule has 1 N–H and O–H groups in total. The molecule has 5 heteroatoms. The van der Waals surface area contributed by atoms with E-state index >= 15 is 0 Å². The van der Waals surface area contributed by atoms with Gasteiger partial charge in [0, 0.05) is 12.4 Å². The van der Waals surface area contributed by atoms with Gasteiger partial charge in [0.05, 0.1) is 7.11 Å². The molecule has 0 saturated heterocycles. The van der Waals surface area contributed by atoms with Crippen LogP contribution in [0.15, 0.2) is 28.9 Å². The maximum Gasteiger partial charge on any atom is 0.237 e. The van der Waals surface area contributed by atoms with Gasteiger partial charge in [-0.1, -0.05) is 0 Å². The Labute approximate surface area is 99.8 Å². The van der Waals surface area contributed by atoms with E-state index in [0.717, 1.165) is 11.5 Å². The quantitative estimate of drug-likeness (QED) is 0.870. The number of hydrogen-bond donors (Lipinski definition) is 1. The van der Waals surface area contributed by atoms with Crippen LogP contribution in [-0.4, -0.2) is 24.1 Å². The van der Waals surface area contributed by atoms with Crippen LogP contribution in [0.25, 0.3) is 0 Å². The van der Waals surface area contributed by atoms with Crippen LogP contribution < -0.4 is 10.1 Å². The Balaban J connectivity index is 2.41. The number of aromatic nitrogens is 2. The average Bonchev–Trinajstić information content (AvgIpc) is 2.77. The summed E-state index contributed by atoms with van der Waals surface area (Å²) in [5.41, 5.74) is 0.715. The summed E-state index contributed by atoms with van der Waals surface area (Å²) in [6.45, 7) is 1.91. The molecule has 1 unspecified atom stereocenters. The van der Waals surface area contributed by atoms with E-state index in [0.29, 0.717) is 11.6 Å². The molecule has 1 atom stereocenters. The van der Waals surface area contributed by atoms with E-state index in [4.69, 9.17) is 9.15 Å². The summed E-state index contributed by atoms with van der Waals surface area (Å²) in [5, 5.41) is 3.15. The average molecular weight is 233 g/mol. The molecule has 5 nitrogen and oxygen atoms in total. The van der Waals surface area contributed by atoms with Gasteiger partial charge in [0.15, 0.2) is 0 Å². The van der Waals surface area contributed by atoms with Crippen molar-refractivity contribution in [3.05, 3.63) is 41.7 Å². The largest absolute Gasteiger partial charge is 0.480 e. The van der Waals surface area contributed by atoms with E-state index in [1.165, 1.54) is 0 Å². The van der Waals surface area contributed by atoms with Crippen molar-refractivity contribution in [3.63, 3.8) is 0 Å². The summed E-state index contributed by atoms with van der Waals surface area (Å²) in [7, 11) is 3.42. The van der Waals surface area contributed by atoms with Crippen LogP contribution in [0.2, 0.25) is 0 Å². The Morgan fingerprint density at radius 3 is 2.65 bits per heavy atom. The van der Waals surface area contributed by atoms with Gasteiger partial charge in [-0.05, 0) is 26.1 Å². The zero-order valence-corrected chi connectivity index (χ0v) is 10.1. The minimum atomic E-state index is -0.160. The molecule has 0 fully saturated rings. The molecule has 2 rings (SSSR count). The van der Waals surface area contributed by atoms with Crippen LogP contribution in [0.3, 0.4) is 0 Å². The van der Waals surface area contributed by atoms with Gasteiger partial charge >= 0.3 is 0 Å². The first-order valence-corrected chi connectivity index (χ1v) is 5.34. The lowest BCUT2D eigenvalue weighted by Gasteiger charge is -2.14. The van der Waals surface area contributed by atoms with Crippen molar-refractivity contribution >= 4 is 0 Å². The highest BCUT2D eigenvalue weighted by molar-refractivity contribution is 5.28. The molecule has 0 bridgehead atoms. The molecular weight excluding hydrogens is 218 g/mol. The van der Waals surface area contributed by atoms with E-state index in [-0.39, 0.29) is 6.04 Å². The van der Waals surface area contributed by atoms with E-state index in [2.05, 4.69) is 15.3 Å². The predicted molar refractivity (Wildman–Crippen MR) is 62.9 cm³/mol. The maximum atomic E-state index is 5.60. The Morgan fingerprint density at radius 2 is 2.06 bits per heavy atom. The van der Waals surface area contributed by atoms with E-state index in [1.807, 2.05) is 26.1 Å². The third-order valence-electron chi connectivity index (χ3n) is 2.49. The van der Waals surface area contributed by atoms with Crippen molar-refractivity contribution in [2.24, 2.45) is 0 Å². The van der Waals surface area contributed by atoms with Gasteiger partial charge in [0.1, 0.15) is 23.3 Å². The number of hydrogen-bond acceptors (Lipinski definition) is 5. The fraction of sp³-hybridized carbons (Fsp3) is 0.333. The van der Waals surface area contributed by atoms with Gasteiger partial charge in [-0.3, -0.25) is 4.98 Å². The van der Waals surface area contributed by atoms with Crippen LogP contribution in [0.4, 0.5) is 0 Å². The molecule has 2 heterocycles. The van der Waals surface area contributed by atoms with Gasteiger partial charge in [0.2, 0.25) is 5.88 Å². The summed E-state index contributed by atoms with van der Waals surface area (Å²) in [6, 6.07) is 3.68. The molecule has 0 radical (unpaired) electrons. The number of aryl methyl sites for hydroxylation is 1. The molecule has 17 heavy (non-hydrogen) atoms. The lowest BCUT2D eigenvalue weighted by atomic mass is 10.1. The van der Waals surface area contributed by atoms with Crippen LogP contribution in [-0.2, 0) is 0 Å². The molecule has 0 aromatic carbocycles. The Bertz CT molecular complexity index is 496. The first-order valence-electron chi connectivity index (χ1n) is 5.34. The SMILES string of the molecule is CNC(c1ccc(C)o1)c1nccnc1OC. The van der Waals surface area contributed by atoms with Crippen LogP contribution in [0.5, 0.6) is 5.88 Å². The first kappa shape index (κ1) is 11.6. The number of ether oxygens (including phenoxy) is 1. The first-order chi connectivity index (χ1) is 8.26. The normalized spacial score (nSPS) is 12.4. The molecule has 0 spiro atoms. The smallest absolute Gasteiger partial charge is 0.237 e. The molecule has 0 aliphatic heterocycles. The monoisotopic (exact) mass is 233 g/mol. The molecule has 0 saturated carbocycles. The number of nitrogens with one attached hydrogen (secondary N) is 1. The number of rotatable bonds is 4. The van der Waals surface area contributed by atoms with Crippen molar-refractivity contribution in [2.45, 2.75) is 13.0 Å². The Hall–Kier alpha value is -1.88. The molecular formula is C12H15N3O2. The fourth-order valence-corrected chi connectivity index (χ4v) is 1.71. The second-order valence-electron chi connectivity index (χ2n) is 3.62. The van der Waals surface area contributed by atoms with Crippen LogP contribution >= 0.6 is 0 Å². The van der Waals surface area contributed by atoms with Gasteiger partial charge in [-0.2, -0.15) is 0 Å². The minimum Gasteiger partial charge on any atom is -0.480 e. The molecule has 2 aromatic rings. The standard InChI is InChI=1S/C12H15N3O2/c1-8-4-5-9(17-8)10(13-2)11-12(16-3)15-7-6-14-11/h4-7,10,13H,1-3H3. The van der Waals surface area contributed by atoms with Crippen LogP contribution in [0, 0.1) is 6.92 Å². The van der Waals surface area contributed by atoms with Crippen molar-refractivity contribution in [3.8, 4) is 5.88 Å². The van der Waals surface area contributed by atoms with Gasteiger partial charge in [-0.15, -0.1) is 0 Å². The highest BCUT2D eigenvalue weighted by Crippen LogP contribution is 2.26. The van der Waals surface area contributed by atoms with Crippen molar-refractivity contribution in [2.75, 3.05) is 14.2 Å². The highest BCUT2D eigenvalue weighted by atomic mass is 16.5. The van der Waals surface area contributed by atoms with Crippen molar-refractivity contribution < 1.29 is 9.15 Å². The van der Waals surface area contributed by atoms with Gasteiger partial charge in [0.25, 0.3) is 0 Å². The van der Waals surface area contributed by atoms with Crippen molar-refractivity contribution in [1.82, 2.24) is 15.3 Å². The maximum absolute atomic E-state index is 5.60. The molecule has 0 aliphatic carbocycles. The highest BCUT2D eigenvalue weighted by Gasteiger charge is 2.21. The van der Waals surface area contributed by atoms with Gasteiger partial charge < -0.3 is 14.5 Å². The third-order valence-corrected chi connectivity index (χ3v) is 2.49. The fourth-order valence-electron chi connectivity index (χ4n) is 1.71. The predicted octanol–water partition coefficient (Wildman–Crippen LogP) is 1.70.